The Hall–Kier alpha value is -4.33. The van der Waals surface area contributed by atoms with Gasteiger partial charge in [-0.25, -0.2) is 4.98 Å². The minimum Gasteiger partial charge on any atom is -0.348 e. The number of rotatable bonds is 11. The molecule has 0 spiro atoms. The number of carbonyl (C=O) groups excluding carboxylic acids is 1. The summed E-state index contributed by atoms with van der Waals surface area (Å²) in [7, 11) is 0. The van der Waals surface area contributed by atoms with E-state index < -0.39 is 0 Å². The molecule has 0 radical (unpaired) electrons. The first-order valence-corrected chi connectivity index (χ1v) is 16.5. The highest BCUT2D eigenvalue weighted by atomic mass is 35.5. The zero-order valence-electron chi connectivity index (χ0n) is 27.4. The number of allylic oxidation sites excluding steroid dienone is 6. The number of nitrogens with one attached hydrogen (secondary N) is 2. The molecule has 0 saturated heterocycles. The molecule has 2 aliphatic rings. The van der Waals surface area contributed by atoms with Crippen molar-refractivity contribution in [3.8, 4) is 0 Å². The largest absolute Gasteiger partial charge is 0.348 e. The molecule has 0 saturated carbocycles. The van der Waals surface area contributed by atoms with Crippen molar-refractivity contribution in [1.82, 2.24) is 25.2 Å². The first-order valence-electron chi connectivity index (χ1n) is 16.1. The van der Waals surface area contributed by atoms with Crippen LogP contribution in [0.3, 0.4) is 0 Å². The summed E-state index contributed by atoms with van der Waals surface area (Å²) in [6.07, 6.45) is 18.7. The molecule has 1 aromatic carbocycles. The molecule has 46 heavy (non-hydrogen) atoms. The van der Waals surface area contributed by atoms with Gasteiger partial charge in [0, 0.05) is 38.1 Å². The second-order valence-electron chi connectivity index (χ2n) is 11.1. The molecule has 1 unspecified atom stereocenters. The fourth-order valence-corrected chi connectivity index (χ4v) is 6.17. The van der Waals surface area contributed by atoms with Crippen molar-refractivity contribution >= 4 is 29.3 Å². The Bertz CT molecular complexity index is 1660. The number of pyridine rings is 1. The lowest BCUT2D eigenvalue weighted by Crippen LogP contribution is -2.32. The first-order chi connectivity index (χ1) is 22.5. The molecule has 8 heteroatoms. The molecule has 1 amide bonds. The summed E-state index contributed by atoms with van der Waals surface area (Å²) in [6, 6.07) is 12.8. The van der Waals surface area contributed by atoms with E-state index >= 15 is 0 Å². The van der Waals surface area contributed by atoms with Crippen LogP contribution in [0, 0.1) is 0 Å². The Morgan fingerprint density at radius 1 is 1.17 bits per heavy atom. The van der Waals surface area contributed by atoms with Gasteiger partial charge in [0.2, 0.25) is 0 Å². The Morgan fingerprint density at radius 2 is 2.00 bits per heavy atom. The predicted molar refractivity (Wildman–Crippen MR) is 190 cm³/mol. The Balaban J connectivity index is 0.00000235. The van der Waals surface area contributed by atoms with Crippen LogP contribution in [0.15, 0.2) is 107 Å². The lowest BCUT2D eigenvalue weighted by molar-refractivity contribution is -0.117. The van der Waals surface area contributed by atoms with Crippen molar-refractivity contribution < 1.29 is 4.79 Å². The second kappa shape index (κ2) is 17.4. The van der Waals surface area contributed by atoms with Crippen molar-refractivity contribution in [2.24, 2.45) is 4.99 Å². The van der Waals surface area contributed by atoms with Crippen LogP contribution in [0.5, 0.6) is 0 Å². The standard InChI is InChI=1S/C36H39ClN6O.C2H6/c1-4-9-28(10-5-2)31-22-40-33(42-31)24-43(32-15-7-13-29-14-8-17-39-35(29)32)23-27-12-6-11-26(19-27)20-41-36(44)34-25(3)16-18-38-21-30(34)37;1-2/h4-6,8-12,14,17-19,21-22,32H,1,7,13,15-16,20,23-24H2,2-3H3,(H,40,42)(H,41,44);1-2H3/b10-5-,28-9+;. The number of amides is 1. The molecule has 3 heterocycles. The van der Waals surface area contributed by atoms with E-state index in [1.165, 1.54) is 11.8 Å². The highest BCUT2D eigenvalue weighted by molar-refractivity contribution is 6.35. The minimum atomic E-state index is -0.192. The Kier molecular flexibility index (Phi) is 13.1. The third kappa shape index (κ3) is 8.89. The molecule has 5 rings (SSSR count). The number of aliphatic imine (C=N–C) groups is 1. The third-order valence-electron chi connectivity index (χ3n) is 7.96. The summed E-state index contributed by atoms with van der Waals surface area (Å²) in [5.41, 5.74) is 8.02. The Labute approximate surface area is 278 Å². The van der Waals surface area contributed by atoms with E-state index in [1.807, 2.05) is 76.5 Å². The average molecular weight is 637 g/mol. The SMILES string of the molecule is C=C/C=C(\C=C/C)c1cnc(CN(Cc2cccc(CNC(=O)C3=C(C)CC=NC=C3Cl)c2)C2CCCc3cccnc32)[nH]1.CC. The number of imidazole rings is 1. The zero-order chi connectivity index (χ0) is 32.9. The number of aromatic amines is 1. The van der Waals surface area contributed by atoms with E-state index in [-0.39, 0.29) is 11.9 Å². The van der Waals surface area contributed by atoms with Gasteiger partial charge in [0.25, 0.3) is 5.91 Å². The monoisotopic (exact) mass is 636 g/mol. The molecule has 1 aliphatic carbocycles. The highest BCUT2D eigenvalue weighted by Crippen LogP contribution is 2.35. The van der Waals surface area contributed by atoms with E-state index in [2.05, 4.69) is 45.0 Å². The number of fused-ring (bicyclic) bond motifs is 1. The summed E-state index contributed by atoms with van der Waals surface area (Å²) in [4.78, 5) is 32.8. The van der Waals surface area contributed by atoms with Crippen LogP contribution < -0.4 is 5.32 Å². The van der Waals surface area contributed by atoms with Crippen molar-refractivity contribution in [3.05, 3.63) is 136 Å². The first kappa shape index (κ1) is 34.5. The number of H-pyrrole nitrogens is 1. The Morgan fingerprint density at radius 3 is 2.80 bits per heavy atom. The number of halogens is 1. The van der Waals surface area contributed by atoms with E-state index in [0.717, 1.165) is 58.7 Å². The lowest BCUT2D eigenvalue weighted by atomic mass is 9.90. The quantitative estimate of drug-likeness (QED) is 0.207. The van der Waals surface area contributed by atoms with Crippen LogP contribution in [0.25, 0.3) is 5.57 Å². The molecule has 2 N–H and O–H groups in total. The molecular formula is C38H45ClN6O. The van der Waals surface area contributed by atoms with E-state index in [4.69, 9.17) is 21.6 Å². The summed E-state index contributed by atoms with van der Waals surface area (Å²) in [6.45, 7) is 13.5. The van der Waals surface area contributed by atoms with Crippen LogP contribution in [-0.4, -0.2) is 32.0 Å². The highest BCUT2D eigenvalue weighted by Gasteiger charge is 2.28. The number of carbonyl (C=O) groups is 1. The van der Waals surface area contributed by atoms with Gasteiger partial charge in [-0.05, 0) is 61.4 Å². The van der Waals surface area contributed by atoms with Gasteiger partial charge in [0.15, 0.2) is 0 Å². The predicted octanol–water partition coefficient (Wildman–Crippen LogP) is 8.54. The van der Waals surface area contributed by atoms with Crippen molar-refractivity contribution in [2.45, 2.75) is 79.1 Å². The molecule has 1 aliphatic heterocycles. The number of benzene rings is 1. The van der Waals surface area contributed by atoms with Crippen molar-refractivity contribution in [1.29, 1.82) is 0 Å². The molecule has 0 fully saturated rings. The number of hydrogen-bond acceptors (Lipinski definition) is 5. The maximum Gasteiger partial charge on any atom is 0.253 e. The fraction of sp³-hybridized carbons (Fsp3) is 0.316. The molecular weight excluding hydrogens is 592 g/mol. The summed E-state index contributed by atoms with van der Waals surface area (Å²) < 4.78 is 0. The maximum atomic E-state index is 13.1. The summed E-state index contributed by atoms with van der Waals surface area (Å²) >= 11 is 6.37. The van der Waals surface area contributed by atoms with E-state index in [0.29, 0.717) is 36.7 Å². The zero-order valence-corrected chi connectivity index (χ0v) is 28.1. The number of aromatic nitrogens is 3. The fourth-order valence-electron chi connectivity index (χ4n) is 5.86. The molecule has 1 atom stereocenters. The van der Waals surface area contributed by atoms with E-state index in [9.17, 15) is 4.79 Å². The molecule has 7 nitrogen and oxygen atoms in total. The third-order valence-corrected chi connectivity index (χ3v) is 8.24. The van der Waals surface area contributed by atoms with Gasteiger partial charge in [-0.3, -0.25) is 19.7 Å². The van der Waals surface area contributed by atoms with Gasteiger partial charge < -0.3 is 10.3 Å². The van der Waals surface area contributed by atoms with Gasteiger partial charge in [-0.1, -0.05) is 92.2 Å². The van der Waals surface area contributed by atoms with Crippen LogP contribution in [0.4, 0.5) is 0 Å². The maximum absolute atomic E-state index is 13.1. The van der Waals surface area contributed by atoms with Gasteiger partial charge in [-0.2, -0.15) is 0 Å². The number of aryl methyl sites for hydroxylation is 1. The van der Waals surface area contributed by atoms with E-state index in [1.54, 1.807) is 12.3 Å². The van der Waals surface area contributed by atoms with Gasteiger partial charge in [0.05, 0.1) is 40.8 Å². The van der Waals surface area contributed by atoms with Crippen LogP contribution >= 0.6 is 11.6 Å². The summed E-state index contributed by atoms with van der Waals surface area (Å²) in [5.74, 6) is 0.703. The molecule has 240 valence electrons. The lowest BCUT2D eigenvalue weighted by Gasteiger charge is -2.34. The average Bonchev–Trinajstić information content (AvgIpc) is 3.47. The molecule has 0 bridgehead atoms. The van der Waals surface area contributed by atoms with Gasteiger partial charge >= 0.3 is 0 Å². The van der Waals surface area contributed by atoms with Crippen molar-refractivity contribution in [3.63, 3.8) is 0 Å². The van der Waals surface area contributed by atoms with Crippen LogP contribution in [0.2, 0.25) is 0 Å². The summed E-state index contributed by atoms with van der Waals surface area (Å²) in [5, 5.41) is 3.41. The number of nitrogens with zero attached hydrogens (tertiary/aromatic N) is 4. The normalized spacial score (nSPS) is 16.4. The second-order valence-corrected chi connectivity index (χ2v) is 11.5. The minimum absolute atomic E-state index is 0.164. The smallest absolute Gasteiger partial charge is 0.253 e. The van der Waals surface area contributed by atoms with Gasteiger partial charge in [-0.15, -0.1) is 0 Å². The van der Waals surface area contributed by atoms with Crippen LogP contribution in [-0.2, 0) is 30.8 Å². The number of hydrogen-bond donors (Lipinski definition) is 2. The topological polar surface area (TPSA) is 86.3 Å². The van der Waals surface area contributed by atoms with Crippen molar-refractivity contribution in [2.75, 3.05) is 0 Å². The molecule has 3 aromatic rings. The van der Waals surface area contributed by atoms with Crippen LogP contribution in [0.1, 0.15) is 86.9 Å². The van der Waals surface area contributed by atoms with Gasteiger partial charge in [0.1, 0.15) is 5.82 Å². The molecule has 2 aromatic heterocycles.